The molecule has 2 amide bonds. The van der Waals surface area contributed by atoms with Gasteiger partial charge in [-0.1, -0.05) is 0 Å². The lowest BCUT2D eigenvalue weighted by atomic mass is 10.1. The van der Waals surface area contributed by atoms with Crippen molar-refractivity contribution in [3.05, 3.63) is 0 Å². The summed E-state index contributed by atoms with van der Waals surface area (Å²) >= 11 is 0. The Hall–Kier alpha value is -1.87. The molecule has 0 radical (unpaired) electrons. The standard InChI is InChI=1S/C10H17N3O6.ClH/c1-5(9(17)12-4-8(15)16)13-7(14)3-2-6(11)10(18)19;/h5-6H,2-4,11H2,1H3,(H,12,17)(H,13,14)(H,15,16)(H,18,19);1H/t5-,6-;/m0./s1. The van der Waals surface area contributed by atoms with Gasteiger partial charge in [-0.25, -0.2) is 0 Å². The zero-order valence-corrected chi connectivity index (χ0v) is 11.6. The maximum absolute atomic E-state index is 11.4. The molecule has 10 heteroatoms. The first-order chi connectivity index (χ1) is 8.73. The largest absolute Gasteiger partial charge is 0.480 e. The molecule has 0 aromatic heterocycles. The first kappa shape index (κ1) is 20.4. The van der Waals surface area contributed by atoms with E-state index in [9.17, 15) is 19.2 Å². The Bertz CT molecular complexity index is 376. The topological polar surface area (TPSA) is 159 Å². The van der Waals surface area contributed by atoms with Crippen LogP contribution in [-0.4, -0.2) is 52.6 Å². The highest BCUT2D eigenvalue weighted by Crippen LogP contribution is 1.95. The number of halogens is 1. The van der Waals surface area contributed by atoms with E-state index in [0.717, 1.165) is 0 Å². The summed E-state index contributed by atoms with van der Waals surface area (Å²) in [6, 6.07) is -2.05. The fourth-order valence-corrected chi connectivity index (χ4v) is 1.11. The summed E-state index contributed by atoms with van der Waals surface area (Å²) in [6.45, 7) is 0.842. The van der Waals surface area contributed by atoms with E-state index < -0.39 is 42.4 Å². The summed E-state index contributed by atoms with van der Waals surface area (Å²) < 4.78 is 0. The Balaban J connectivity index is 0. The van der Waals surface area contributed by atoms with Crippen LogP contribution in [0.25, 0.3) is 0 Å². The van der Waals surface area contributed by atoms with Crippen molar-refractivity contribution in [2.45, 2.75) is 31.8 Å². The number of nitrogens with two attached hydrogens (primary N) is 1. The van der Waals surface area contributed by atoms with Crippen LogP contribution in [-0.2, 0) is 19.2 Å². The van der Waals surface area contributed by atoms with E-state index in [1.165, 1.54) is 6.92 Å². The van der Waals surface area contributed by atoms with Gasteiger partial charge in [0.1, 0.15) is 18.6 Å². The molecule has 0 saturated carbocycles. The van der Waals surface area contributed by atoms with Crippen LogP contribution in [0.5, 0.6) is 0 Å². The number of carbonyl (C=O) groups excluding carboxylic acids is 2. The van der Waals surface area contributed by atoms with Crippen LogP contribution in [0.4, 0.5) is 0 Å². The summed E-state index contributed by atoms with van der Waals surface area (Å²) in [5.41, 5.74) is 5.21. The minimum atomic E-state index is -1.21. The molecule has 6 N–H and O–H groups in total. The van der Waals surface area contributed by atoms with E-state index in [0.29, 0.717) is 0 Å². The second-order valence-electron chi connectivity index (χ2n) is 3.88. The monoisotopic (exact) mass is 311 g/mol. The van der Waals surface area contributed by atoms with Crippen LogP contribution < -0.4 is 16.4 Å². The summed E-state index contributed by atoms with van der Waals surface area (Å²) in [5.74, 6) is -3.58. The number of carbonyl (C=O) groups is 4. The van der Waals surface area contributed by atoms with Crippen molar-refractivity contribution in [1.29, 1.82) is 0 Å². The predicted molar refractivity (Wildman–Crippen MR) is 70.3 cm³/mol. The van der Waals surface area contributed by atoms with Gasteiger partial charge in [-0.15, -0.1) is 12.4 Å². The van der Waals surface area contributed by atoms with Gasteiger partial charge in [-0.3, -0.25) is 19.2 Å². The molecule has 0 bridgehead atoms. The van der Waals surface area contributed by atoms with Crippen molar-refractivity contribution in [2.75, 3.05) is 6.54 Å². The molecule has 0 aliphatic carbocycles. The summed E-state index contributed by atoms with van der Waals surface area (Å²) in [4.78, 5) is 43.3. The SMILES string of the molecule is C[C@H](NC(=O)CC[C@H](N)C(=O)O)C(=O)NCC(=O)O.Cl. The molecular formula is C10H18ClN3O6. The minimum Gasteiger partial charge on any atom is -0.480 e. The van der Waals surface area contributed by atoms with E-state index in [4.69, 9.17) is 15.9 Å². The van der Waals surface area contributed by atoms with Crippen LogP contribution in [0.15, 0.2) is 0 Å². The zero-order valence-electron chi connectivity index (χ0n) is 10.8. The molecule has 116 valence electrons. The predicted octanol–water partition coefficient (Wildman–Crippen LogP) is -1.69. The molecule has 0 rings (SSSR count). The Kier molecular flexibility index (Phi) is 10.2. The third-order valence-corrected chi connectivity index (χ3v) is 2.18. The molecule has 0 heterocycles. The Morgan fingerprint density at radius 1 is 1.20 bits per heavy atom. The smallest absolute Gasteiger partial charge is 0.322 e. The molecule has 0 aliphatic rings. The van der Waals surface area contributed by atoms with Crippen LogP contribution >= 0.6 is 12.4 Å². The van der Waals surface area contributed by atoms with Crippen molar-refractivity contribution in [3.8, 4) is 0 Å². The Morgan fingerprint density at radius 2 is 1.75 bits per heavy atom. The molecular weight excluding hydrogens is 294 g/mol. The van der Waals surface area contributed by atoms with Gasteiger partial charge in [0.25, 0.3) is 0 Å². The molecule has 0 spiro atoms. The van der Waals surface area contributed by atoms with Gasteiger partial charge < -0.3 is 26.6 Å². The third-order valence-electron chi connectivity index (χ3n) is 2.18. The molecule has 0 aromatic rings. The number of hydrogen-bond acceptors (Lipinski definition) is 5. The van der Waals surface area contributed by atoms with Gasteiger partial charge in [0, 0.05) is 6.42 Å². The van der Waals surface area contributed by atoms with Crippen molar-refractivity contribution >= 4 is 36.2 Å². The molecule has 0 saturated heterocycles. The van der Waals surface area contributed by atoms with Gasteiger partial charge in [-0.05, 0) is 13.3 Å². The number of carboxylic acids is 2. The number of rotatable bonds is 8. The fraction of sp³-hybridized carbons (Fsp3) is 0.600. The third kappa shape index (κ3) is 9.11. The molecule has 0 aliphatic heterocycles. The first-order valence-electron chi connectivity index (χ1n) is 5.51. The fourth-order valence-electron chi connectivity index (χ4n) is 1.11. The number of nitrogens with one attached hydrogen (secondary N) is 2. The maximum atomic E-state index is 11.4. The van der Waals surface area contributed by atoms with E-state index in [2.05, 4.69) is 10.6 Å². The quantitative estimate of drug-likeness (QED) is 0.357. The highest BCUT2D eigenvalue weighted by atomic mass is 35.5. The molecule has 0 fully saturated rings. The number of amides is 2. The van der Waals surface area contributed by atoms with Crippen LogP contribution in [0.3, 0.4) is 0 Å². The van der Waals surface area contributed by atoms with E-state index in [-0.39, 0.29) is 25.2 Å². The van der Waals surface area contributed by atoms with Gasteiger partial charge in [-0.2, -0.15) is 0 Å². The molecule has 0 unspecified atom stereocenters. The highest BCUT2D eigenvalue weighted by Gasteiger charge is 2.18. The summed E-state index contributed by atoms with van der Waals surface area (Å²) in [5, 5.41) is 21.3. The van der Waals surface area contributed by atoms with E-state index >= 15 is 0 Å². The van der Waals surface area contributed by atoms with Crippen LogP contribution in [0.1, 0.15) is 19.8 Å². The van der Waals surface area contributed by atoms with E-state index in [1.54, 1.807) is 0 Å². The van der Waals surface area contributed by atoms with Crippen LogP contribution in [0.2, 0.25) is 0 Å². The highest BCUT2D eigenvalue weighted by molar-refractivity contribution is 5.89. The van der Waals surface area contributed by atoms with Crippen molar-refractivity contribution in [3.63, 3.8) is 0 Å². The molecule has 2 atom stereocenters. The second kappa shape index (κ2) is 9.98. The second-order valence-corrected chi connectivity index (χ2v) is 3.88. The minimum absolute atomic E-state index is 0. The lowest BCUT2D eigenvalue weighted by Gasteiger charge is -2.13. The molecule has 9 nitrogen and oxygen atoms in total. The van der Waals surface area contributed by atoms with Gasteiger partial charge in [0.15, 0.2) is 0 Å². The lowest BCUT2D eigenvalue weighted by molar-refractivity contribution is -0.139. The van der Waals surface area contributed by atoms with Crippen molar-refractivity contribution in [1.82, 2.24) is 10.6 Å². The number of hydrogen-bond donors (Lipinski definition) is 5. The van der Waals surface area contributed by atoms with Gasteiger partial charge in [0.2, 0.25) is 11.8 Å². The summed E-state index contributed by atoms with van der Waals surface area (Å²) in [7, 11) is 0. The Morgan fingerprint density at radius 3 is 2.20 bits per heavy atom. The first-order valence-corrected chi connectivity index (χ1v) is 5.51. The summed E-state index contributed by atoms with van der Waals surface area (Å²) in [6.07, 6.45) is -0.186. The van der Waals surface area contributed by atoms with Gasteiger partial charge in [0.05, 0.1) is 0 Å². The lowest BCUT2D eigenvalue weighted by Crippen LogP contribution is -2.46. The zero-order chi connectivity index (χ0) is 15.0. The average Bonchev–Trinajstić information content (AvgIpc) is 2.32. The van der Waals surface area contributed by atoms with E-state index in [1.807, 2.05) is 0 Å². The van der Waals surface area contributed by atoms with Gasteiger partial charge >= 0.3 is 11.9 Å². The normalized spacial score (nSPS) is 12.5. The van der Waals surface area contributed by atoms with Crippen LogP contribution in [0, 0.1) is 0 Å². The molecule has 20 heavy (non-hydrogen) atoms. The number of carboxylic acid groups (broad SMARTS) is 2. The molecule has 0 aromatic carbocycles. The van der Waals surface area contributed by atoms with Crippen molar-refractivity contribution in [2.24, 2.45) is 5.73 Å². The van der Waals surface area contributed by atoms with Crippen molar-refractivity contribution < 1.29 is 29.4 Å². The number of aliphatic carboxylic acids is 2. The Labute approximate surface area is 121 Å². The maximum Gasteiger partial charge on any atom is 0.322 e. The average molecular weight is 312 g/mol.